The number of nitrogens with one attached hydrogen (secondary N) is 1. The number of piperidine rings is 1. The molecular formula is C29H27Cl2N5OS. The molecule has 6 nitrogen and oxygen atoms in total. The van der Waals surface area contributed by atoms with Gasteiger partial charge in [-0.15, -0.1) is 11.3 Å². The number of nitrogens with zero attached hydrogens (tertiary/aromatic N) is 4. The molecule has 1 N–H and O–H groups in total. The summed E-state index contributed by atoms with van der Waals surface area (Å²) in [6, 6.07) is 13.6. The number of aromatic nitrogens is 2. The van der Waals surface area contributed by atoms with Crippen molar-refractivity contribution in [3.05, 3.63) is 93.2 Å². The molecule has 1 spiro atoms. The Morgan fingerprint density at radius 1 is 1.13 bits per heavy atom. The quantitative estimate of drug-likeness (QED) is 0.291. The van der Waals surface area contributed by atoms with Crippen LogP contribution in [0.3, 0.4) is 0 Å². The Bertz CT molecular complexity index is 1500. The Hall–Kier alpha value is -2.97. The lowest BCUT2D eigenvalue weighted by Gasteiger charge is -2.39. The number of carbonyl (C=O) groups is 1. The van der Waals surface area contributed by atoms with E-state index in [0.29, 0.717) is 23.1 Å². The maximum absolute atomic E-state index is 13.4. The molecule has 194 valence electrons. The van der Waals surface area contributed by atoms with Crippen molar-refractivity contribution in [2.24, 2.45) is 0 Å². The normalized spacial score (nSPS) is 16.9. The lowest BCUT2D eigenvalue weighted by Crippen LogP contribution is -2.47. The van der Waals surface area contributed by atoms with Crippen LogP contribution in [0.25, 0.3) is 16.3 Å². The maximum atomic E-state index is 13.4. The Balaban J connectivity index is 1.18. The molecule has 2 aromatic heterocycles. The van der Waals surface area contributed by atoms with Crippen molar-refractivity contribution in [3.8, 4) is 0 Å². The van der Waals surface area contributed by atoms with E-state index in [1.54, 1.807) is 23.7 Å². The van der Waals surface area contributed by atoms with Crippen molar-refractivity contribution in [2.45, 2.75) is 24.8 Å². The highest BCUT2D eigenvalue weighted by Gasteiger charge is 2.47. The van der Waals surface area contributed by atoms with Crippen molar-refractivity contribution in [3.63, 3.8) is 0 Å². The number of anilines is 1. The van der Waals surface area contributed by atoms with Gasteiger partial charge in [-0.1, -0.05) is 47.5 Å². The molecule has 0 radical (unpaired) electrons. The predicted molar refractivity (Wildman–Crippen MR) is 156 cm³/mol. The molecule has 0 saturated carbocycles. The summed E-state index contributed by atoms with van der Waals surface area (Å²) in [7, 11) is 0. The maximum Gasteiger partial charge on any atom is 0.322 e. The van der Waals surface area contributed by atoms with Crippen molar-refractivity contribution < 1.29 is 4.79 Å². The second-order valence-electron chi connectivity index (χ2n) is 9.92. The highest BCUT2D eigenvalue weighted by atomic mass is 35.5. The minimum Gasteiger partial charge on any atom is -0.334 e. The van der Waals surface area contributed by atoms with E-state index < -0.39 is 0 Å². The number of likely N-dealkylation sites (tertiary alicyclic amines) is 1. The number of urea groups is 1. The van der Waals surface area contributed by atoms with E-state index in [1.165, 1.54) is 10.3 Å². The largest absolute Gasteiger partial charge is 0.334 e. The number of halogens is 2. The number of benzene rings is 2. The van der Waals surface area contributed by atoms with E-state index in [2.05, 4.69) is 39.5 Å². The molecule has 2 amide bonds. The summed E-state index contributed by atoms with van der Waals surface area (Å²) in [6.07, 6.45) is 9.74. The van der Waals surface area contributed by atoms with Gasteiger partial charge in [-0.25, -0.2) is 9.78 Å². The van der Waals surface area contributed by atoms with Crippen molar-refractivity contribution in [1.82, 2.24) is 20.2 Å². The van der Waals surface area contributed by atoms with E-state index in [-0.39, 0.29) is 11.4 Å². The number of pyridine rings is 1. The monoisotopic (exact) mass is 563 g/mol. The zero-order valence-corrected chi connectivity index (χ0v) is 23.1. The summed E-state index contributed by atoms with van der Waals surface area (Å²) in [4.78, 5) is 26.7. The van der Waals surface area contributed by atoms with Gasteiger partial charge in [0.15, 0.2) is 0 Å². The zero-order valence-electron chi connectivity index (χ0n) is 20.7. The highest BCUT2D eigenvalue weighted by molar-refractivity contribution is 7.16. The van der Waals surface area contributed by atoms with Gasteiger partial charge in [-0.2, -0.15) is 0 Å². The molecule has 9 heteroatoms. The minimum atomic E-state index is -0.0987. The first-order valence-corrected chi connectivity index (χ1v) is 14.3. The molecule has 1 fully saturated rings. The molecular weight excluding hydrogens is 537 g/mol. The number of carbonyl (C=O) groups excluding carboxylic acids is 1. The van der Waals surface area contributed by atoms with Crippen LogP contribution in [0.1, 0.15) is 29.5 Å². The summed E-state index contributed by atoms with van der Waals surface area (Å²) in [5.74, 6) is 0. The summed E-state index contributed by atoms with van der Waals surface area (Å²) < 4.78 is 1.17. The van der Waals surface area contributed by atoms with Crippen molar-refractivity contribution in [2.75, 3.05) is 31.1 Å². The molecule has 4 aromatic rings. The molecule has 0 aliphatic carbocycles. The van der Waals surface area contributed by atoms with E-state index in [4.69, 9.17) is 28.2 Å². The van der Waals surface area contributed by atoms with Crippen LogP contribution in [0.2, 0.25) is 10.0 Å². The average molecular weight is 565 g/mol. The van der Waals surface area contributed by atoms with Crippen LogP contribution >= 0.6 is 34.5 Å². The topological polar surface area (TPSA) is 61.4 Å². The number of amides is 2. The van der Waals surface area contributed by atoms with Gasteiger partial charge in [-0.05, 0) is 67.4 Å². The third kappa shape index (κ3) is 4.92. The Morgan fingerprint density at radius 2 is 2.00 bits per heavy atom. The van der Waals surface area contributed by atoms with Gasteiger partial charge in [-0.3, -0.25) is 14.8 Å². The first-order valence-electron chi connectivity index (χ1n) is 12.7. The van der Waals surface area contributed by atoms with Crippen LogP contribution in [-0.4, -0.2) is 47.1 Å². The van der Waals surface area contributed by atoms with Crippen molar-refractivity contribution in [1.29, 1.82) is 0 Å². The van der Waals surface area contributed by atoms with Gasteiger partial charge in [0.05, 0.1) is 31.5 Å². The molecule has 0 atom stereocenters. The summed E-state index contributed by atoms with van der Waals surface area (Å²) in [6.45, 7) is 3.89. The van der Waals surface area contributed by atoms with Gasteiger partial charge in [0.2, 0.25) is 0 Å². The lowest BCUT2D eigenvalue weighted by atomic mass is 9.74. The van der Waals surface area contributed by atoms with Gasteiger partial charge in [0, 0.05) is 43.0 Å². The standard InChI is InChI=1S/C29H27Cl2N5OS/c30-22-6-5-20(15-23(22)31)4-2-12-35-13-9-29(10-14-35)18-36(28(37)33-17-21-3-1-11-32-16-21)24-7-8-25-27(26(24)29)34-19-38-25/h1-8,11,15-16,19H,9-10,12-14,17-18H2,(H,33,37)/b4-2+. The Morgan fingerprint density at radius 3 is 2.79 bits per heavy atom. The van der Waals surface area contributed by atoms with Gasteiger partial charge >= 0.3 is 6.03 Å². The average Bonchev–Trinajstić information content (AvgIpc) is 3.54. The molecule has 0 unspecified atom stereocenters. The molecule has 1 saturated heterocycles. The smallest absolute Gasteiger partial charge is 0.322 e. The molecule has 4 heterocycles. The number of fused-ring (bicyclic) bond motifs is 4. The van der Waals surface area contributed by atoms with Crippen LogP contribution < -0.4 is 10.2 Å². The summed E-state index contributed by atoms with van der Waals surface area (Å²) in [5, 5.41) is 4.23. The third-order valence-corrected chi connectivity index (χ3v) is 9.14. The predicted octanol–water partition coefficient (Wildman–Crippen LogP) is 6.77. The third-order valence-electron chi connectivity index (χ3n) is 7.60. The first kappa shape index (κ1) is 25.3. The van der Waals surface area contributed by atoms with Crippen LogP contribution in [0.5, 0.6) is 0 Å². The van der Waals surface area contributed by atoms with Gasteiger partial charge < -0.3 is 5.32 Å². The molecule has 38 heavy (non-hydrogen) atoms. The van der Waals surface area contributed by atoms with E-state index >= 15 is 0 Å². The number of hydrogen-bond donors (Lipinski definition) is 1. The fourth-order valence-electron chi connectivity index (χ4n) is 5.62. The molecule has 2 aliphatic heterocycles. The van der Waals surface area contributed by atoms with Crippen LogP contribution in [0, 0.1) is 0 Å². The van der Waals surface area contributed by atoms with Crippen LogP contribution in [0.15, 0.2) is 66.4 Å². The molecule has 0 bridgehead atoms. The Labute approximate surface area is 235 Å². The fraction of sp³-hybridized carbons (Fsp3) is 0.276. The fourth-order valence-corrected chi connectivity index (χ4v) is 6.61. The molecule has 2 aromatic carbocycles. The van der Waals surface area contributed by atoms with Crippen molar-refractivity contribution >= 4 is 62.5 Å². The first-order chi connectivity index (χ1) is 18.5. The zero-order chi connectivity index (χ0) is 26.1. The second kappa shape index (κ2) is 10.7. The van der Waals surface area contributed by atoms with Crippen LogP contribution in [-0.2, 0) is 12.0 Å². The second-order valence-corrected chi connectivity index (χ2v) is 11.6. The molecule has 6 rings (SSSR count). The van der Waals surface area contributed by atoms with E-state index in [9.17, 15) is 4.79 Å². The summed E-state index contributed by atoms with van der Waals surface area (Å²) >= 11 is 13.8. The Kier molecular flexibility index (Phi) is 7.10. The number of thiazole rings is 1. The van der Waals surface area contributed by atoms with Gasteiger partial charge in [0.25, 0.3) is 0 Å². The molecule has 2 aliphatic rings. The number of hydrogen-bond acceptors (Lipinski definition) is 5. The SMILES string of the molecule is O=C(NCc1cccnc1)N1CC2(CCN(C/C=C/c3ccc(Cl)c(Cl)c3)CC2)c2c1ccc1scnc21. The van der Waals surface area contributed by atoms with Gasteiger partial charge in [0.1, 0.15) is 0 Å². The highest BCUT2D eigenvalue weighted by Crippen LogP contribution is 2.50. The van der Waals surface area contributed by atoms with E-state index in [1.807, 2.05) is 40.7 Å². The minimum absolute atomic E-state index is 0.0754. The summed E-state index contributed by atoms with van der Waals surface area (Å²) in [5.41, 5.74) is 7.09. The van der Waals surface area contributed by atoms with E-state index in [0.717, 1.165) is 54.8 Å². The van der Waals surface area contributed by atoms with Crippen LogP contribution in [0.4, 0.5) is 10.5 Å². The number of rotatable bonds is 5. The lowest BCUT2D eigenvalue weighted by molar-refractivity contribution is 0.180.